The van der Waals surface area contributed by atoms with Gasteiger partial charge in [-0.15, -0.1) is 0 Å². The van der Waals surface area contributed by atoms with E-state index in [1.807, 2.05) is 12.1 Å². The first kappa shape index (κ1) is 15.2. The molecule has 3 nitrogen and oxygen atoms in total. The predicted molar refractivity (Wildman–Crippen MR) is 82.7 cm³/mol. The van der Waals surface area contributed by atoms with E-state index in [-0.39, 0.29) is 5.78 Å². The molecule has 0 saturated heterocycles. The Bertz CT molecular complexity index is 618. The highest BCUT2D eigenvalue weighted by Gasteiger charge is 2.11. The van der Waals surface area contributed by atoms with Crippen molar-refractivity contribution in [1.29, 1.82) is 0 Å². The molecule has 21 heavy (non-hydrogen) atoms. The third kappa shape index (κ3) is 3.91. The second-order valence-corrected chi connectivity index (χ2v) is 5.21. The number of carbonyl (C=O) groups excluding carboxylic acids is 1. The van der Waals surface area contributed by atoms with Crippen LogP contribution in [0.3, 0.4) is 0 Å². The molecule has 3 heteroatoms. The van der Waals surface area contributed by atoms with Gasteiger partial charge in [-0.1, -0.05) is 13.3 Å². The SMILES string of the molecule is CCCc1cc[n+](Cc2cc(C(C)=O)ccc2OC)cc1. The highest BCUT2D eigenvalue weighted by molar-refractivity contribution is 5.94. The number of carbonyl (C=O) groups is 1. The smallest absolute Gasteiger partial charge is 0.177 e. The van der Waals surface area contributed by atoms with E-state index in [2.05, 4.69) is 36.0 Å². The highest BCUT2D eigenvalue weighted by Crippen LogP contribution is 2.20. The molecule has 2 rings (SSSR count). The Balaban J connectivity index is 2.24. The van der Waals surface area contributed by atoms with Gasteiger partial charge in [0.25, 0.3) is 0 Å². The number of rotatable bonds is 6. The summed E-state index contributed by atoms with van der Waals surface area (Å²) < 4.78 is 7.49. The van der Waals surface area contributed by atoms with Crippen molar-refractivity contribution < 1.29 is 14.1 Å². The third-order valence-corrected chi connectivity index (χ3v) is 3.54. The number of hydrogen-bond acceptors (Lipinski definition) is 2. The van der Waals surface area contributed by atoms with Crippen molar-refractivity contribution in [3.8, 4) is 5.75 Å². The van der Waals surface area contributed by atoms with Gasteiger partial charge in [-0.2, -0.15) is 0 Å². The number of hydrogen-bond donors (Lipinski definition) is 0. The molecule has 1 aromatic heterocycles. The molecule has 0 aliphatic rings. The van der Waals surface area contributed by atoms with Crippen LogP contribution >= 0.6 is 0 Å². The van der Waals surface area contributed by atoms with Crippen LogP contribution in [0.1, 0.15) is 41.8 Å². The lowest BCUT2D eigenvalue weighted by Gasteiger charge is -2.08. The van der Waals surface area contributed by atoms with Crippen molar-refractivity contribution in [2.75, 3.05) is 7.11 Å². The normalized spacial score (nSPS) is 10.4. The standard InChI is InChI=1S/C18H22NO2/c1-4-5-15-8-10-19(11-9-15)13-17-12-16(14(2)20)6-7-18(17)21-3/h6-12H,4-5,13H2,1-3H3/q+1. The zero-order valence-electron chi connectivity index (χ0n) is 12.9. The van der Waals surface area contributed by atoms with Crippen molar-refractivity contribution in [2.45, 2.75) is 33.2 Å². The first-order valence-corrected chi connectivity index (χ1v) is 7.30. The van der Waals surface area contributed by atoms with Gasteiger partial charge in [0, 0.05) is 17.7 Å². The number of aryl methyl sites for hydroxylation is 1. The lowest BCUT2D eigenvalue weighted by Crippen LogP contribution is -2.33. The Morgan fingerprint density at radius 3 is 2.48 bits per heavy atom. The van der Waals surface area contributed by atoms with Gasteiger partial charge in [-0.25, -0.2) is 4.57 Å². The van der Waals surface area contributed by atoms with Gasteiger partial charge in [0.15, 0.2) is 24.7 Å². The molecule has 0 atom stereocenters. The lowest BCUT2D eigenvalue weighted by atomic mass is 10.1. The first-order chi connectivity index (χ1) is 10.1. The number of nitrogens with zero attached hydrogens (tertiary/aromatic N) is 1. The molecule has 0 aliphatic carbocycles. The number of benzene rings is 1. The Kier molecular flexibility index (Phi) is 5.09. The van der Waals surface area contributed by atoms with Gasteiger partial charge in [0.2, 0.25) is 0 Å². The van der Waals surface area contributed by atoms with E-state index in [9.17, 15) is 4.79 Å². The van der Waals surface area contributed by atoms with E-state index in [0.717, 1.165) is 24.2 Å². The fourth-order valence-corrected chi connectivity index (χ4v) is 2.37. The summed E-state index contributed by atoms with van der Waals surface area (Å²) in [4.78, 5) is 11.5. The maximum absolute atomic E-state index is 11.5. The third-order valence-electron chi connectivity index (χ3n) is 3.54. The van der Waals surface area contributed by atoms with Crippen LogP contribution in [0.5, 0.6) is 5.75 Å². The topological polar surface area (TPSA) is 30.2 Å². The van der Waals surface area contributed by atoms with Crippen LogP contribution in [0.15, 0.2) is 42.7 Å². The molecule has 0 spiro atoms. The van der Waals surface area contributed by atoms with Crippen molar-refractivity contribution in [3.05, 3.63) is 59.4 Å². The van der Waals surface area contributed by atoms with Gasteiger partial charge >= 0.3 is 0 Å². The summed E-state index contributed by atoms with van der Waals surface area (Å²) in [5.41, 5.74) is 3.07. The molecule has 0 bridgehead atoms. The van der Waals surface area contributed by atoms with Crippen LogP contribution in [0.4, 0.5) is 0 Å². The number of ketones is 1. The van der Waals surface area contributed by atoms with E-state index in [1.54, 1.807) is 20.1 Å². The average molecular weight is 284 g/mol. The first-order valence-electron chi connectivity index (χ1n) is 7.30. The number of pyridine rings is 1. The van der Waals surface area contributed by atoms with Crippen LogP contribution in [-0.4, -0.2) is 12.9 Å². The molecule has 110 valence electrons. The summed E-state index contributed by atoms with van der Waals surface area (Å²) in [6.45, 7) is 4.45. The molecule has 0 aliphatic heterocycles. The summed E-state index contributed by atoms with van der Waals surface area (Å²) in [7, 11) is 1.65. The lowest BCUT2D eigenvalue weighted by molar-refractivity contribution is -0.688. The molecule has 0 N–H and O–H groups in total. The van der Waals surface area contributed by atoms with Crippen LogP contribution in [0, 0.1) is 0 Å². The molecule has 0 radical (unpaired) electrons. The molecule has 1 heterocycles. The molecule has 0 amide bonds. The van der Waals surface area contributed by atoms with E-state index >= 15 is 0 Å². The molecular formula is C18H22NO2+. The Labute approximate surface area is 126 Å². The number of Topliss-reactive ketones (excluding diaryl/α,β-unsaturated/α-hetero) is 1. The Morgan fingerprint density at radius 2 is 1.90 bits per heavy atom. The van der Waals surface area contributed by atoms with Gasteiger partial charge in [-0.3, -0.25) is 4.79 Å². The zero-order valence-corrected chi connectivity index (χ0v) is 12.9. The van der Waals surface area contributed by atoms with Gasteiger partial charge in [-0.05, 0) is 37.1 Å². The predicted octanol–water partition coefficient (Wildman–Crippen LogP) is 3.19. The minimum atomic E-state index is 0.0715. The quantitative estimate of drug-likeness (QED) is 0.602. The van der Waals surface area contributed by atoms with Crippen molar-refractivity contribution in [1.82, 2.24) is 0 Å². The number of methoxy groups -OCH3 is 1. The summed E-state index contributed by atoms with van der Waals surface area (Å²) in [6, 6.07) is 9.86. The molecule has 1 aromatic carbocycles. The number of ether oxygens (including phenoxy) is 1. The van der Waals surface area contributed by atoms with Gasteiger partial charge < -0.3 is 4.74 Å². The minimum absolute atomic E-state index is 0.0715. The summed E-state index contributed by atoms with van der Waals surface area (Å²) in [5, 5.41) is 0. The van der Waals surface area contributed by atoms with E-state index < -0.39 is 0 Å². The van der Waals surface area contributed by atoms with Crippen LogP contribution in [-0.2, 0) is 13.0 Å². The van der Waals surface area contributed by atoms with Crippen molar-refractivity contribution >= 4 is 5.78 Å². The van der Waals surface area contributed by atoms with Crippen LogP contribution in [0.2, 0.25) is 0 Å². The second-order valence-electron chi connectivity index (χ2n) is 5.21. The van der Waals surface area contributed by atoms with E-state index in [4.69, 9.17) is 4.74 Å². The number of aromatic nitrogens is 1. The maximum atomic E-state index is 11.5. The average Bonchev–Trinajstić information content (AvgIpc) is 2.49. The Morgan fingerprint density at radius 1 is 1.19 bits per heavy atom. The van der Waals surface area contributed by atoms with Crippen molar-refractivity contribution in [2.24, 2.45) is 0 Å². The fourth-order valence-electron chi connectivity index (χ4n) is 2.37. The summed E-state index contributed by atoms with van der Waals surface area (Å²) >= 11 is 0. The molecular weight excluding hydrogens is 262 g/mol. The zero-order chi connectivity index (χ0) is 15.2. The van der Waals surface area contributed by atoms with Gasteiger partial charge in [0.05, 0.1) is 12.7 Å². The second kappa shape index (κ2) is 7.02. The highest BCUT2D eigenvalue weighted by atomic mass is 16.5. The van der Waals surface area contributed by atoms with Crippen LogP contribution < -0.4 is 9.30 Å². The largest absolute Gasteiger partial charge is 0.496 e. The molecule has 0 unspecified atom stereocenters. The monoisotopic (exact) mass is 284 g/mol. The summed E-state index contributed by atoms with van der Waals surface area (Å²) in [5.74, 6) is 0.882. The van der Waals surface area contributed by atoms with E-state index in [0.29, 0.717) is 12.1 Å². The fraction of sp³-hybridized carbons (Fsp3) is 0.333. The minimum Gasteiger partial charge on any atom is -0.496 e. The maximum Gasteiger partial charge on any atom is 0.177 e. The Hall–Kier alpha value is -2.16. The van der Waals surface area contributed by atoms with Crippen LogP contribution in [0.25, 0.3) is 0 Å². The van der Waals surface area contributed by atoms with E-state index in [1.165, 1.54) is 5.56 Å². The molecule has 2 aromatic rings. The van der Waals surface area contributed by atoms with Gasteiger partial charge in [0.1, 0.15) is 5.75 Å². The molecule has 0 saturated carbocycles. The summed E-state index contributed by atoms with van der Waals surface area (Å²) in [6.07, 6.45) is 6.40. The van der Waals surface area contributed by atoms with Crippen molar-refractivity contribution in [3.63, 3.8) is 0 Å². The molecule has 0 fully saturated rings.